The van der Waals surface area contributed by atoms with Crippen LogP contribution in [0, 0.1) is 12.8 Å². The number of aliphatic hydroxyl groups excluding tert-OH is 1. The number of halogens is 1. The van der Waals surface area contributed by atoms with Crippen LogP contribution >= 0.6 is 11.6 Å². The lowest BCUT2D eigenvalue weighted by atomic mass is 9.89. The molecule has 1 fully saturated rings. The highest BCUT2D eigenvalue weighted by Gasteiger charge is 2.34. The fraction of sp³-hybridized carbons (Fsp3) is 0.375. The third-order valence-electron chi connectivity index (χ3n) is 5.99. The molecule has 1 aliphatic heterocycles. The van der Waals surface area contributed by atoms with E-state index in [0.29, 0.717) is 23.3 Å². The summed E-state index contributed by atoms with van der Waals surface area (Å²) in [5.41, 5.74) is 2.82. The topological polar surface area (TPSA) is 74.2 Å². The van der Waals surface area contributed by atoms with Crippen LogP contribution in [0.1, 0.15) is 37.1 Å². The summed E-state index contributed by atoms with van der Waals surface area (Å²) in [4.78, 5) is 15.4. The van der Waals surface area contributed by atoms with Gasteiger partial charge in [-0.15, -0.1) is 0 Å². The fourth-order valence-corrected chi connectivity index (χ4v) is 4.41. The zero-order valence-corrected chi connectivity index (χ0v) is 18.6. The number of hydrogen-bond donors (Lipinski definition) is 2. The van der Waals surface area contributed by atoms with Crippen molar-refractivity contribution in [2.45, 2.75) is 39.0 Å². The second kappa shape index (κ2) is 9.73. The SMILES string of the molecule is Cc1ccc(C(O)N2CCC[C@@H](C)[C@H]2CNc2ccc(Cl)cn2)c(-c2ncccn2)c1. The van der Waals surface area contributed by atoms with Gasteiger partial charge in [-0.2, -0.15) is 0 Å². The molecular formula is C24H28ClN5O. The van der Waals surface area contributed by atoms with Gasteiger partial charge in [0.15, 0.2) is 5.82 Å². The summed E-state index contributed by atoms with van der Waals surface area (Å²) in [5.74, 6) is 1.85. The van der Waals surface area contributed by atoms with Crippen LogP contribution in [0.3, 0.4) is 0 Å². The van der Waals surface area contributed by atoms with Crippen LogP contribution in [0.2, 0.25) is 5.02 Å². The molecule has 3 heterocycles. The van der Waals surface area contributed by atoms with Crippen LogP contribution in [0.25, 0.3) is 11.4 Å². The molecule has 3 aromatic rings. The van der Waals surface area contributed by atoms with Gasteiger partial charge in [0.1, 0.15) is 12.0 Å². The lowest BCUT2D eigenvalue weighted by molar-refractivity contribution is -0.0550. The van der Waals surface area contributed by atoms with Crippen molar-refractivity contribution in [2.24, 2.45) is 5.92 Å². The van der Waals surface area contributed by atoms with Gasteiger partial charge in [-0.3, -0.25) is 4.90 Å². The summed E-state index contributed by atoms with van der Waals surface area (Å²) in [5, 5.41) is 15.5. The monoisotopic (exact) mass is 437 g/mol. The molecule has 1 aliphatic rings. The predicted molar refractivity (Wildman–Crippen MR) is 124 cm³/mol. The highest BCUT2D eigenvalue weighted by Crippen LogP contribution is 2.34. The van der Waals surface area contributed by atoms with Crippen molar-refractivity contribution in [2.75, 3.05) is 18.4 Å². The predicted octanol–water partition coefficient (Wildman–Crippen LogP) is 4.70. The number of pyridine rings is 1. The third kappa shape index (κ3) is 5.03. The van der Waals surface area contributed by atoms with Gasteiger partial charge in [-0.1, -0.05) is 36.2 Å². The molecule has 0 radical (unpaired) electrons. The van der Waals surface area contributed by atoms with Gasteiger partial charge >= 0.3 is 0 Å². The second-order valence-corrected chi connectivity index (χ2v) is 8.64. The minimum atomic E-state index is -0.743. The number of hydrogen-bond acceptors (Lipinski definition) is 6. The quantitative estimate of drug-likeness (QED) is 0.582. The molecule has 4 rings (SSSR count). The van der Waals surface area contributed by atoms with E-state index < -0.39 is 6.23 Å². The summed E-state index contributed by atoms with van der Waals surface area (Å²) >= 11 is 5.95. The molecule has 0 bridgehead atoms. The standard InChI is InChI=1S/C24H28ClN5O/c1-16-6-8-19(20(13-16)23-26-10-4-11-27-23)24(31)30-12-3-5-17(2)21(30)15-29-22-9-7-18(25)14-28-22/h4,6-11,13-14,17,21,24,31H,3,5,12,15H2,1-2H3,(H,28,29)/t17-,21-,24?/m1/s1. The number of likely N-dealkylation sites (tertiary alicyclic amines) is 1. The maximum atomic E-state index is 11.5. The summed E-state index contributed by atoms with van der Waals surface area (Å²) in [7, 11) is 0. The van der Waals surface area contributed by atoms with E-state index in [4.69, 9.17) is 11.6 Å². The van der Waals surface area contributed by atoms with Crippen LogP contribution in [0.15, 0.2) is 55.0 Å². The van der Waals surface area contributed by atoms with Crippen molar-refractivity contribution >= 4 is 17.4 Å². The molecule has 7 heteroatoms. The number of nitrogens with zero attached hydrogens (tertiary/aromatic N) is 4. The molecule has 6 nitrogen and oxygen atoms in total. The normalized spacial score (nSPS) is 20.4. The van der Waals surface area contributed by atoms with E-state index in [2.05, 4.69) is 32.1 Å². The number of aromatic nitrogens is 3. The Balaban J connectivity index is 1.60. The van der Waals surface area contributed by atoms with E-state index in [9.17, 15) is 5.11 Å². The van der Waals surface area contributed by atoms with E-state index in [1.165, 1.54) is 0 Å². The minimum absolute atomic E-state index is 0.159. The Morgan fingerprint density at radius 1 is 1.19 bits per heavy atom. The number of piperidine rings is 1. The van der Waals surface area contributed by atoms with E-state index in [-0.39, 0.29) is 6.04 Å². The molecule has 1 unspecified atom stereocenters. The Morgan fingerprint density at radius 3 is 2.74 bits per heavy atom. The van der Waals surface area contributed by atoms with Gasteiger partial charge in [-0.25, -0.2) is 15.0 Å². The zero-order chi connectivity index (χ0) is 21.8. The van der Waals surface area contributed by atoms with Crippen molar-refractivity contribution in [3.63, 3.8) is 0 Å². The van der Waals surface area contributed by atoms with Crippen LogP contribution in [-0.2, 0) is 0 Å². The Morgan fingerprint density at radius 2 is 2.00 bits per heavy atom. The molecule has 2 N–H and O–H groups in total. The number of nitrogens with one attached hydrogen (secondary N) is 1. The Kier molecular flexibility index (Phi) is 6.80. The van der Waals surface area contributed by atoms with E-state index in [1.807, 2.05) is 37.3 Å². The van der Waals surface area contributed by atoms with Gasteiger partial charge in [0.2, 0.25) is 0 Å². The van der Waals surface area contributed by atoms with Gasteiger partial charge in [0.05, 0.1) is 5.02 Å². The summed E-state index contributed by atoms with van der Waals surface area (Å²) in [6.45, 7) is 5.80. The second-order valence-electron chi connectivity index (χ2n) is 8.20. The number of benzene rings is 1. The average molecular weight is 438 g/mol. The Hall–Kier alpha value is -2.54. The molecule has 162 valence electrons. The van der Waals surface area contributed by atoms with E-state index in [0.717, 1.165) is 41.9 Å². The fourth-order valence-electron chi connectivity index (χ4n) is 4.30. The summed E-state index contributed by atoms with van der Waals surface area (Å²) < 4.78 is 0. The van der Waals surface area contributed by atoms with Gasteiger partial charge in [0.25, 0.3) is 0 Å². The van der Waals surface area contributed by atoms with Crippen LogP contribution < -0.4 is 5.32 Å². The minimum Gasteiger partial charge on any atom is -0.374 e. The van der Waals surface area contributed by atoms with Crippen molar-refractivity contribution in [3.05, 3.63) is 71.1 Å². The molecule has 0 saturated carbocycles. The number of aliphatic hydroxyl groups is 1. The zero-order valence-electron chi connectivity index (χ0n) is 17.9. The molecule has 0 spiro atoms. The summed E-state index contributed by atoms with van der Waals surface area (Å²) in [6, 6.07) is 11.7. The average Bonchev–Trinajstić information content (AvgIpc) is 2.79. The molecule has 0 amide bonds. The van der Waals surface area contributed by atoms with Crippen LogP contribution in [0.5, 0.6) is 0 Å². The van der Waals surface area contributed by atoms with Crippen molar-refractivity contribution in [3.8, 4) is 11.4 Å². The van der Waals surface area contributed by atoms with Crippen LogP contribution in [-0.4, -0.2) is 44.1 Å². The molecule has 3 atom stereocenters. The molecule has 1 saturated heterocycles. The first-order valence-electron chi connectivity index (χ1n) is 10.7. The Labute approximate surface area is 188 Å². The lowest BCUT2D eigenvalue weighted by Crippen LogP contribution is -2.49. The van der Waals surface area contributed by atoms with Gasteiger partial charge in [0, 0.05) is 48.8 Å². The number of anilines is 1. The van der Waals surface area contributed by atoms with Crippen molar-refractivity contribution in [1.82, 2.24) is 19.9 Å². The number of aryl methyl sites for hydroxylation is 1. The highest BCUT2D eigenvalue weighted by atomic mass is 35.5. The first-order valence-corrected chi connectivity index (χ1v) is 11.1. The summed E-state index contributed by atoms with van der Waals surface area (Å²) in [6.07, 6.45) is 6.54. The van der Waals surface area contributed by atoms with Crippen molar-refractivity contribution < 1.29 is 5.11 Å². The van der Waals surface area contributed by atoms with Gasteiger partial charge in [-0.05, 0) is 49.9 Å². The maximum Gasteiger partial charge on any atom is 0.159 e. The third-order valence-corrected chi connectivity index (χ3v) is 6.21. The first-order chi connectivity index (χ1) is 15.0. The van der Waals surface area contributed by atoms with E-state index >= 15 is 0 Å². The van der Waals surface area contributed by atoms with E-state index in [1.54, 1.807) is 24.7 Å². The molecule has 2 aromatic heterocycles. The van der Waals surface area contributed by atoms with Crippen molar-refractivity contribution in [1.29, 1.82) is 0 Å². The largest absolute Gasteiger partial charge is 0.374 e. The molecular weight excluding hydrogens is 410 g/mol. The molecule has 1 aromatic carbocycles. The first kappa shape index (κ1) is 21.7. The van der Waals surface area contributed by atoms with Gasteiger partial charge < -0.3 is 10.4 Å². The Bertz CT molecular complexity index is 999. The lowest BCUT2D eigenvalue weighted by Gasteiger charge is -2.43. The smallest absolute Gasteiger partial charge is 0.159 e. The maximum absolute atomic E-state index is 11.5. The molecule has 31 heavy (non-hydrogen) atoms. The van der Waals surface area contributed by atoms with Crippen LogP contribution in [0.4, 0.5) is 5.82 Å². The molecule has 0 aliphatic carbocycles. The number of rotatable bonds is 6. The highest BCUT2D eigenvalue weighted by molar-refractivity contribution is 6.30.